The minimum Gasteiger partial charge on any atom is -0.459 e. The van der Waals surface area contributed by atoms with Gasteiger partial charge in [-0.15, -0.1) is 0 Å². The van der Waals surface area contributed by atoms with E-state index in [-0.39, 0.29) is 12.3 Å². The summed E-state index contributed by atoms with van der Waals surface area (Å²) >= 11 is 0. The first-order valence-electron chi connectivity index (χ1n) is 5.74. The highest BCUT2D eigenvalue weighted by Crippen LogP contribution is 2.11. The molecule has 19 heavy (non-hydrogen) atoms. The lowest BCUT2D eigenvalue weighted by molar-refractivity contribution is -0.133. The first-order chi connectivity index (χ1) is 9.15. The van der Waals surface area contributed by atoms with Gasteiger partial charge in [-0.3, -0.25) is 4.79 Å². The molecule has 0 saturated carbocycles. The Hall–Kier alpha value is -2.56. The van der Waals surface area contributed by atoms with E-state index in [0.717, 1.165) is 5.56 Å². The highest BCUT2D eigenvalue weighted by molar-refractivity contribution is 5.93. The Labute approximate surface area is 110 Å². The van der Waals surface area contributed by atoms with Crippen molar-refractivity contribution in [2.75, 3.05) is 6.54 Å². The van der Waals surface area contributed by atoms with Crippen molar-refractivity contribution >= 4 is 11.9 Å². The van der Waals surface area contributed by atoms with Crippen LogP contribution in [0.25, 0.3) is 0 Å². The molecule has 0 unspecified atom stereocenters. The number of ether oxygens (including phenoxy) is 1. The molecule has 1 N–H and O–H groups in total. The average Bonchev–Trinajstić information content (AvgIpc) is 2.93. The minimum atomic E-state index is -0.538. The predicted molar refractivity (Wildman–Crippen MR) is 67.9 cm³/mol. The monoisotopic (exact) mass is 259 g/mol. The van der Waals surface area contributed by atoms with Crippen LogP contribution in [0.3, 0.4) is 0 Å². The van der Waals surface area contributed by atoms with Gasteiger partial charge in [0.15, 0.2) is 5.76 Å². The predicted octanol–water partition coefficient (Wildman–Crippen LogP) is 1.92. The lowest BCUT2D eigenvalue weighted by Crippen LogP contribution is -2.31. The Bertz CT molecular complexity index is 558. The second-order valence-electron chi connectivity index (χ2n) is 3.95. The molecule has 0 aliphatic carbocycles. The van der Waals surface area contributed by atoms with Crippen molar-refractivity contribution in [2.24, 2.45) is 0 Å². The second kappa shape index (κ2) is 5.86. The Balaban J connectivity index is 1.82. The quantitative estimate of drug-likeness (QED) is 0.672. The SMILES string of the molecule is Cc1ccc(OC(=O)CNC(=O)c2ccco2)cc1. The van der Waals surface area contributed by atoms with Crippen LogP contribution >= 0.6 is 0 Å². The second-order valence-corrected chi connectivity index (χ2v) is 3.95. The standard InChI is InChI=1S/C14H13NO4/c1-10-4-6-11(7-5-10)19-13(16)9-15-14(17)12-3-2-8-18-12/h2-8H,9H2,1H3,(H,15,17). The number of carbonyl (C=O) groups is 2. The third-order valence-electron chi connectivity index (χ3n) is 2.39. The van der Waals surface area contributed by atoms with Crippen LogP contribution in [0.1, 0.15) is 16.1 Å². The molecule has 5 nitrogen and oxygen atoms in total. The summed E-state index contributed by atoms with van der Waals surface area (Å²) in [5.41, 5.74) is 1.07. The van der Waals surface area contributed by atoms with Crippen molar-refractivity contribution in [1.82, 2.24) is 5.32 Å². The summed E-state index contributed by atoms with van der Waals surface area (Å²) in [7, 11) is 0. The summed E-state index contributed by atoms with van der Waals surface area (Å²) in [6, 6.07) is 10.2. The summed E-state index contributed by atoms with van der Waals surface area (Å²) in [5.74, 6) is -0.388. The number of rotatable bonds is 4. The molecule has 0 spiro atoms. The summed E-state index contributed by atoms with van der Waals surface area (Å²) in [6.45, 7) is 1.72. The zero-order chi connectivity index (χ0) is 13.7. The molecular weight excluding hydrogens is 246 g/mol. The first kappa shape index (κ1) is 12.9. The van der Waals surface area contributed by atoms with Gasteiger partial charge < -0.3 is 14.5 Å². The molecule has 0 bridgehead atoms. The number of aryl methyl sites for hydroxylation is 1. The first-order valence-corrected chi connectivity index (χ1v) is 5.74. The van der Waals surface area contributed by atoms with Gasteiger partial charge >= 0.3 is 5.97 Å². The lowest BCUT2D eigenvalue weighted by Gasteiger charge is -2.05. The van der Waals surface area contributed by atoms with E-state index in [1.807, 2.05) is 19.1 Å². The van der Waals surface area contributed by atoms with Gasteiger partial charge in [-0.05, 0) is 31.2 Å². The van der Waals surface area contributed by atoms with Crippen LogP contribution < -0.4 is 10.1 Å². The van der Waals surface area contributed by atoms with Crippen molar-refractivity contribution < 1.29 is 18.7 Å². The highest BCUT2D eigenvalue weighted by atomic mass is 16.5. The third-order valence-corrected chi connectivity index (χ3v) is 2.39. The lowest BCUT2D eigenvalue weighted by atomic mass is 10.2. The Morgan fingerprint density at radius 2 is 1.95 bits per heavy atom. The fourth-order valence-electron chi connectivity index (χ4n) is 1.42. The molecular formula is C14H13NO4. The average molecular weight is 259 g/mol. The van der Waals surface area contributed by atoms with Gasteiger partial charge in [-0.25, -0.2) is 4.79 Å². The summed E-state index contributed by atoms with van der Waals surface area (Å²) in [5, 5.41) is 2.41. The van der Waals surface area contributed by atoms with Crippen LogP contribution in [0.4, 0.5) is 0 Å². The molecule has 2 aromatic rings. The number of amides is 1. The number of hydrogen-bond acceptors (Lipinski definition) is 4. The summed E-state index contributed by atoms with van der Waals surface area (Å²) in [6.07, 6.45) is 1.39. The Kier molecular flexibility index (Phi) is 3.97. The molecule has 1 heterocycles. The summed E-state index contributed by atoms with van der Waals surface area (Å²) in [4.78, 5) is 23.0. The minimum absolute atomic E-state index is 0.156. The molecule has 0 aliphatic heterocycles. The fraction of sp³-hybridized carbons (Fsp3) is 0.143. The van der Waals surface area contributed by atoms with Gasteiger partial charge in [0.1, 0.15) is 12.3 Å². The van der Waals surface area contributed by atoms with Gasteiger partial charge in [0.05, 0.1) is 6.26 Å². The van der Waals surface area contributed by atoms with Crippen LogP contribution in [0.15, 0.2) is 47.1 Å². The maximum absolute atomic E-state index is 11.5. The van der Waals surface area contributed by atoms with Gasteiger partial charge in [-0.1, -0.05) is 17.7 Å². The van der Waals surface area contributed by atoms with E-state index in [9.17, 15) is 9.59 Å². The molecule has 5 heteroatoms. The van der Waals surface area contributed by atoms with Crippen molar-refractivity contribution in [3.8, 4) is 5.75 Å². The molecule has 1 amide bonds. The summed E-state index contributed by atoms with van der Waals surface area (Å²) < 4.78 is 9.95. The van der Waals surface area contributed by atoms with Gasteiger partial charge in [0.2, 0.25) is 0 Å². The number of carbonyl (C=O) groups excluding carboxylic acids is 2. The number of nitrogens with one attached hydrogen (secondary N) is 1. The molecule has 0 atom stereocenters. The van der Waals surface area contributed by atoms with Gasteiger partial charge in [0, 0.05) is 0 Å². The molecule has 0 aliphatic rings. The van der Waals surface area contributed by atoms with Crippen LogP contribution in [0, 0.1) is 6.92 Å². The van der Waals surface area contributed by atoms with Crippen molar-refractivity contribution in [3.05, 3.63) is 54.0 Å². The van der Waals surface area contributed by atoms with Gasteiger partial charge in [-0.2, -0.15) is 0 Å². The van der Waals surface area contributed by atoms with E-state index in [1.165, 1.54) is 12.3 Å². The molecule has 0 radical (unpaired) electrons. The van der Waals surface area contributed by atoms with E-state index in [0.29, 0.717) is 5.75 Å². The number of hydrogen-bond donors (Lipinski definition) is 1. The van der Waals surface area contributed by atoms with Gasteiger partial charge in [0.25, 0.3) is 5.91 Å². The fourth-order valence-corrected chi connectivity index (χ4v) is 1.42. The van der Waals surface area contributed by atoms with Crippen molar-refractivity contribution in [2.45, 2.75) is 6.92 Å². The van der Waals surface area contributed by atoms with Crippen LogP contribution in [-0.2, 0) is 4.79 Å². The Morgan fingerprint density at radius 3 is 2.58 bits per heavy atom. The number of esters is 1. The molecule has 1 aromatic heterocycles. The van der Waals surface area contributed by atoms with Crippen molar-refractivity contribution in [1.29, 1.82) is 0 Å². The van der Waals surface area contributed by atoms with E-state index >= 15 is 0 Å². The molecule has 0 saturated heterocycles. The maximum atomic E-state index is 11.5. The van der Waals surface area contributed by atoms with Crippen molar-refractivity contribution in [3.63, 3.8) is 0 Å². The zero-order valence-corrected chi connectivity index (χ0v) is 10.4. The van der Waals surface area contributed by atoms with E-state index in [4.69, 9.17) is 9.15 Å². The van der Waals surface area contributed by atoms with E-state index in [1.54, 1.807) is 18.2 Å². The van der Waals surface area contributed by atoms with Crippen LogP contribution in [0.2, 0.25) is 0 Å². The number of benzene rings is 1. The zero-order valence-electron chi connectivity index (χ0n) is 10.4. The maximum Gasteiger partial charge on any atom is 0.330 e. The molecule has 2 rings (SSSR count). The highest BCUT2D eigenvalue weighted by Gasteiger charge is 2.11. The normalized spacial score (nSPS) is 9.95. The Morgan fingerprint density at radius 1 is 1.21 bits per heavy atom. The van der Waals surface area contributed by atoms with Crippen LogP contribution in [-0.4, -0.2) is 18.4 Å². The smallest absolute Gasteiger partial charge is 0.330 e. The van der Waals surface area contributed by atoms with E-state index < -0.39 is 11.9 Å². The third kappa shape index (κ3) is 3.70. The van der Waals surface area contributed by atoms with Crippen LogP contribution in [0.5, 0.6) is 5.75 Å². The number of furan rings is 1. The topological polar surface area (TPSA) is 68.5 Å². The molecule has 1 aromatic carbocycles. The largest absolute Gasteiger partial charge is 0.459 e. The van der Waals surface area contributed by atoms with E-state index in [2.05, 4.69) is 5.32 Å². The molecule has 0 fully saturated rings. The molecule has 98 valence electrons.